The second-order valence-electron chi connectivity index (χ2n) is 4.86. The van der Waals surface area contributed by atoms with Crippen LogP contribution in [0.3, 0.4) is 0 Å². The number of hydrogen-bond donors (Lipinski definition) is 1. The Morgan fingerprint density at radius 3 is 3.00 bits per heavy atom. The lowest BCUT2D eigenvalue weighted by Gasteiger charge is -2.24. The molecule has 1 aromatic carbocycles. The molecular weight excluding hydrogens is 272 g/mol. The molecule has 1 N–H and O–H groups in total. The largest absolute Gasteiger partial charge is 0.489 e. The Morgan fingerprint density at radius 1 is 1.43 bits per heavy atom. The van der Waals surface area contributed by atoms with Crippen molar-refractivity contribution >= 4 is 17.6 Å². The van der Waals surface area contributed by atoms with Crippen molar-refractivity contribution in [2.45, 2.75) is 12.8 Å². The van der Waals surface area contributed by atoms with E-state index < -0.39 is 0 Å². The van der Waals surface area contributed by atoms with Crippen molar-refractivity contribution in [2.24, 2.45) is 0 Å². The van der Waals surface area contributed by atoms with Gasteiger partial charge in [-0.2, -0.15) is 0 Å². The van der Waals surface area contributed by atoms with Gasteiger partial charge in [-0.05, 0) is 18.6 Å². The van der Waals surface area contributed by atoms with Crippen LogP contribution in [0.5, 0.6) is 5.75 Å². The molecule has 6 nitrogen and oxygen atoms in total. The molecule has 0 saturated carbocycles. The molecule has 0 unspecified atom stereocenters. The number of benzene rings is 1. The van der Waals surface area contributed by atoms with E-state index in [1.54, 1.807) is 18.0 Å². The minimum atomic E-state index is -0.263. The van der Waals surface area contributed by atoms with Crippen molar-refractivity contribution in [2.75, 3.05) is 39.2 Å². The van der Waals surface area contributed by atoms with Crippen molar-refractivity contribution in [3.63, 3.8) is 0 Å². The highest BCUT2D eigenvalue weighted by Crippen LogP contribution is 2.31. The quantitative estimate of drug-likeness (QED) is 0.833. The van der Waals surface area contributed by atoms with Gasteiger partial charge in [0.25, 0.3) is 5.91 Å². The number of para-hydroxylation sites is 1. The zero-order valence-electron chi connectivity index (χ0n) is 12.3. The van der Waals surface area contributed by atoms with Crippen LogP contribution in [0, 0.1) is 0 Å². The predicted octanol–water partition coefficient (Wildman–Crippen LogP) is 1.52. The molecule has 114 valence electrons. The van der Waals surface area contributed by atoms with Crippen molar-refractivity contribution in [3.8, 4) is 5.75 Å². The zero-order valence-corrected chi connectivity index (χ0v) is 12.3. The average molecular weight is 292 g/mol. The third-order valence-electron chi connectivity index (χ3n) is 3.36. The first-order chi connectivity index (χ1) is 10.1. The molecule has 0 aromatic heterocycles. The fraction of sp³-hybridized carbons (Fsp3) is 0.467. The maximum Gasteiger partial charge on any atom is 0.305 e. The number of rotatable bonds is 5. The smallest absolute Gasteiger partial charge is 0.305 e. The molecule has 21 heavy (non-hydrogen) atoms. The number of ether oxygens (including phenoxy) is 2. The minimum Gasteiger partial charge on any atom is -0.489 e. The van der Waals surface area contributed by atoms with Crippen LogP contribution < -0.4 is 10.1 Å². The predicted molar refractivity (Wildman–Crippen MR) is 78.6 cm³/mol. The number of hydrogen-bond acceptors (Lipinski definition) is 5. The maximum atomic E-state index is 12.5. The Balaban J connectivity index is 2.01. The van der Waals surface area contributed by atoms with E-state index in [1.165, 1.54) is 7.11 Å². The van der Waals surface area contributed by atoms with Crippen LogP contribution in [0.4, 0.5) is 5.69 Å². The van der Waals surface area contributed by atoms with Crippen LogP contribution in [0.1, 0.15) is 23.2 Å². The summed E-state index contributed by atoms with van der Waals surface area (Å²) in [6, 6.07) is 5.48. The number of anilines is 1. The average Bonchev–Trinajstić information content (AvgIpc) is 2.53. The standard InChI is InChI=1S/C15H20N2O4/c1-17(9-4-7-13(18)20-2)15(19)11-5-3-6-12-14(11)21-10-8-16-12/h3,5-6,16H,4,7-10H2,1-2H3. The number of fused-ring (bicyclic) bond motifs is 1. The summed E-state index contributed by atoms with van der Waals surface area (Å²) in [4.78, 5) is 25.1. The molecule has 6 heteroatoms. The molecular formula is C15H20N2O4. The van der Waals surface area contributed by atoms with Gasteiger partial charge in [0.1, 0.15) is 6.61 Å². The normalized spacial score (nSPS) is 12.7. The highest BCUT2D eigenvalue weighted by Gasteiger charge is 2.21. The van der Waals surface area contributed by atoms with Gasteiger partial charge < -0.3 is 19.7 Å². The molecule has 1 heterocycles. The molecule has 0 saturated heterocycles. The fourth-order valence-corrected chi connectivity index (χ4v) is 2.21. The van der Waals surface area contributed by atoms with E-state index in [4.69, 9.17) is 4.74 Å². The van der Waals surface area contributed by atoms with Gasteiger partial charge in [0.05, 0.1) is 18.4 Å². The molecule has 0 radical (unpaired) electrons. The molecule has 0 bridgehead atoms. The third kappa shape index (κ3) is 3.65. The number of nitrogens with zero attached hydrogens (tertiary/aromatic N) is 1. The van der Waals surface area contributed by atoms with Crippen molar-refractivity contribution in [1.82, 2.24) is 4.90 Å². The van der Waals surface area contributed by atoms with Crippen LogP contribution in [-0.2, 0) is 9.53 Å². The number of esters is 1. The van der Waals surface area contributed by atoms with Gasteiger partial charge in [0.15, 0.2) is 5.75 Å². The Hall–Kier alpha value is -2.24. The first kappa shape index (κ1) is 15.2. The van der Waals surface area contributed by atoms with E-state index in [9.17, 15) is 9.59 Å². The second-order valence-corrected chi connectivity index (χ2v) is 4.86. The molecule has 1 aromatic rings. The van der Waals surface area contributed by atoms with E-state index in [-0.39, 0.29) is 11.9 Å². The van der Waals surface area contributed by atoms with Crippen LogP contribution in [0.15, 0.2) is 18.2 Å². The molecule has 0 spiro atoms. The summed E-state index contributed by atoms with van der Waals surface area (Å²) >= 11 is 0. The minimum absolute atomic E-state index is 0.111. The second kappa shape index (κ2) is 6.97. The summed E-state index contributed by atoms with van der Waals surface area (Å²) < 4.78 is 10.2. The highest BCUT2D eigenvalue weighted by molar-refractivity contribution is 5.98. The lowest BCUT2D eigenvalue weighted by atomic mass is 10.1. The lowest BCUT2D eigenvalue weighted by molar-refractivity contribution is -0.140. The van der Waals surface area contributed by atoms with E-state index >= 15 is 0 Å². The maximum absolute atomic E-state index is 12.5. The number of methoxy groups -OCH3 is 1. The summed E-state index contributed by atoms with van der Waals surface area (Å²) in [6.07, 6.45) is 0.877. The first-order valence-corrected chi connectivity index (χ1v) is 6.95. The van der Waals surface area contributed by atoms with E-state index in [1.807, 2.05) is 12.1 Å². The van der Waals surface area contributed by atoms with Crippen LogP contribution in [0.25, 0.3) is 0 Å². The molecule has 2 rings (SSSR count). The zero-order chi connectivity index (χ0) is 15.2. The monoisotopic (exact) mass is 292 g/mol. The van der Waals surface area contributed by atoms with Crippen LogP contribution >= 0.6 is 0 Å². The molecule has 0 fully saturated rings. The summed E-state index contributed by atoms with van der Waals surface area (Å²) in [5.41, 5.74) is 1.38. The van der Waals surface area contributed by atoms with Gasteiger partial charge >= 0.3 is 5.97 Å². The molecule has 1 amide bonds. The molecule has 1 aliphatic rings. The van der Waals surface area contributed by atoms with Gasteiger partial charge in [0, 0.05) is 26.6 Å². The molecule has 0 aliphatic carbocycles. The first-order valence-electron chi connectivity index (χ1n) is 6.95. The molecule has 0 atom stereocenters. The van der Waals surface area contributed by atoms with Gasteiger partial charge in [-0.15, -0.1) is 0 Å². The Bertz CT molecular complexity index is 530. The summed E-state index contributed by atoms with van der Waals surface area (Å²) in [6.45, 7) is 1.77. The van der Waals surface area contributed by atoms with Gasteiger partial charge in [0.2, 0.25) is 0 Å². The highest BCUT2D eigenvalue weighted by atomic mass is 16.5. The van der Waals surface area contributed by atoms with Crippen molar-refractivity contribution in [3.05, 3.63) is 23.8 Å². The summed E-state index contributed by atoms with van der Waals surface area (Å²) in [5.74, 6) is 0.231. The Labute approximate surface area is 124 Å². The Morgan fingerprint density at radius 2 is 2.24 bits per heavy atom. The number of carbonyl (C=O) groups is 2. The number of carbonyl (C=O) groups excluding carboxylic acids is 2. The number of amides is 1. The molecule has 1 aliphatic heterocycles. The topological polar surface area (TPSA) is 67.9 Å². The number of nitrogens with one attached hydrogen (secondary N) is 1. The van der Waals surface area contributed by atoms with E-state index in [0.29, 0.717) is 37.3 Å². The van der Waals surface area contributed by atoms with Gasteiger partial charge in [-0.25, -0.2) is 0 Å². The van der Waals surface area contributed by atoms with Crippen LogP contribution in [-0.4, -0.2) is 50.6 Å². The third-order valence-corrected chi connectivity index (χ3v) is 3.36. The van der Waals surface area contributed by atoms with Crippen molar-refractivity contribution < 1.29 is 19.1 Å². The SMILES string of the molecule is COC(=O)CCCN(C)C(=O)c1cccc2c1OCCN2. The van der Waals surface area contributed by atoms with E-state index in [0.717, 1.165) is 12.2 Å². The summed E-state index contributed by atoms with van der Waals surface area (Å²) in [5, 5.41) is 3.21. The van der Waals surface area contributed by atoms with Crippen molar-refractivity contribution in [1.29, 1.82) is 0 Å². The van der Waals surface area contributed by atoms with Gasteiger partial charge in [-0.1, -0.05) is 6.07 Å². The fourth-order valence-electron chi connectivity index (χ4n) is 2.21. The van der Waals surface area contributed by atoms with Gasteiger partial charge in [-0.3, -0.25) is 9.59 Å². The van der Waals surface area contributed by atoms with E-state index in [2.05, 4.69) is 10.1 Å². The lowest BCUT2D eigenvalue weighted by Crippen LogP contribution is -2.29. The Kier molecular flexibility index (Phi) is 5.03. The summed E-state index contributed by atoms with van der Waals surface area (Å²) in [7, 11) is 3.08. The van der Waals surface area contributed by atoms with Crippen LogP contribution in [0.2, 0.25) is 0 Å².